The van der Waals surface area contributed by atoms with Gasteiger partial charge in [-0.1, -0.05) is 0 Å². The van der Waals surface area contributed by atoms with Crippen LogP contribution in [-0.2, 0) is 4.74 Å². The number of anilines is 1. The summed E-state index contributed by atoms with van der Waals surface area (Å²) in [6, 6.07) is 3.82. The van der Waals surface area contributed by atoms with Crippen molar-refractivity contribution in [1.82, 2.24) is 4.90 Å². The highest BCUT2D eigenvalue weighted by molar-refractivity contribution is 6.00. The van der Waals surface area contributed by atoms with Crippen molar-refractivity contribution in [1.29, 1.82) is 0 Å². The molecule has 1 unspecified atom stereocenters. The summed E-state index contributed by atoms with van der Waals surface area (Å²) in [6.07, 6.45) is 0. The van der Waals surface area contributed by atoms with Crippen LogP contribution in [0.2, 0.25) is 0 Å². The van der Waals surface area contributed by atoms with Crippen LogP contribution in [-0.4, -0.2) is 41.5 Å². The average molecular weight is 265 g/mol. The summed E-state index contributed by atoms with van der Waals surface area (Å²) >= 11 is 0. The Morgan fingerprint density at radius 3 is 2.95 bits per heavy atom. The number of benzene rings is 1. The van der Waals surface area contributed by atoms with Gasteiger partial charge in [0.25, 0.3) is 11.6 Å². The van der Waals surface area contributed by atoms with Gasteiger partial charge in [-0.15, -0.1) is 0 Å². The highest BCUT2D eigenvalue weighted by Crippen LogP contribution is 2.22. The fourth-order valence-electron chi connectivity index (χ4n) is 2.03. The summed E-state index contributed by atoms with van der Waals surface area (Å²) < 4.78 is 5.26. The third-order valence-electron chi connectivity index (χ3n) is 3.11. The Bertz CT molecular complexity index is 518. The van der Waals surface area contributed by atoms with Gasteiger partial charge in [0, 0.05) is 24.4 Å². The summed E-state index contributed by atoms with van der Waals surface area (Å²) in [5.41, 5.74) is 6.02. The maximum absolute atomic E-state index is 12.4. The standard InChI is InChI=1S/C12H15N3O4/c1-8-7-19-5-4-14(8)12(16)10-6-9(15(17)18)2-3-11(10)13/h2-3,6,8H,4-5,7,13H2,1H3. The maximum atomic E-state index is 12.4. The maximum Gasteiger partial charge on any atom is 0.270 e. The van der Waals surface area contributed by atoms with Gasteiger partial charge in [0.05, 0.1) is 29.7 Å². The van der Waals surface area contributed by atoms with E-state index in [-0.39, 0.29) is 28.9 Å². The largest absolute Gasteiger partial charge is 0.398 e. The Labute approximate surface area is 110 Å². The molecule has 1 heterocycles. The van der Waals surface area contributed by atoms with Gasteiger partial charge in [0.2, 0.25) is 0 Å². The van der Waals surface area contributed by atoms with Crippen molar-refractivity contribution in [3.05, 3.63) is 33.9 Å². The van der Waals surface area contributed by atoms with Crippen molar-refractivity contribution in [3.63, 3.8) is 0 Å². The Morgan fingerprint density at radius 1 is 1.58 bits per heavy atom. The van der Waals surface area contributed by atoms with Crippen LogP contribution in [0.1, 0.15) is 17.3 Å². The Hall–Kier alpha value is -2.15. The third-order valence-corrected chi connectivity index (χ3v) is 3.11. The van der Waals surface area contributed by atoms with Gasteiger partial charge < -0.3 is 15.4 Å². The molecule has 1 atom stereocenters. The van der Waals surface area contributed by atoms with E-state index in [1.807, 2.05) is 6.92 Å². The number of amides is 1. The van der Waals surface area contributed by atoms with E-state index in [9.17, 15) is 14.9 Å². The summed E-state index contributed by atoms with van der Waals surface area (Å²) in [6.45, 7) is 3.25. The van der Waals surface area contributed by atoms with Crippen LogP contribution >= 0.6 is 0 Å². The first-order chi connectivity index (χ1) is 9.00. The quantitative estimate of drug-likeness (QED) is 0.489. The zero-order chi connectivity index (χ0) is 14.0. The lowest BCUT2D eigenvalue weighted by Crippen LogP contribution is -2.47. The Balaban J connectivity index is 2.32. The number of hydrogen-bond donors (Lipinski definition) is 1. The molecule has 0 spiro atoms. The number of non-ortho nitro benzene ring substituents is 1. The molecular weight excluding hydrogens is 250 g/mol. The van der Waals surface area contributed by atoms with Crippen LogP contribution in [0.3, 0.4) is 0 Å². The lowest BCUT2D eigenvalue weighted by Gasteiger charge is -2.33. The topological polar surface area (TPSA) is 98.7 Å². The van der Waals surface area contributed by atoms with Gasteiger partial charge in [0.1, 0.15) is 0 Å². The summed E-state index contributed by atoms with van der Waals surface area (Å²) in [7, 11) is 0. The molecule has 1 aliphatic rings. The third kappa shape index (κ3) is 2.65. The van der Waals surface area contributed by atoms with Gasteiger partial charge in [-0.25, -0.2) is 0 Å². The molecule has 0 radical (unpaired) electrons. The number of nitrogen functional groups attached to an aromatic ring is 1. The van der Waals surface area contributed by atoms with E-state index in [0.29, 0.717) is 19.8 Å². The van der Waals surface area contributed by atoms with E-state index >= 15 is 0 Å². The van der Waals surface area contributed by atoms with Crippen molar-refractivity contribution in [2.45, 2.75) is 13.0 Å². The first-order valence-electron chi connectivity index (χ1n) is 5.93. The minimum atomic E-state index is -0.543. The van der Waals surface area contributed by atoms with Crippen molar-refractivity contribution >= 4 is 17.3 Å². The van der Waals surface area contributed by atoms with Crippen LogP contribution in [0.4, 0.5) is 11.4 Å². The van der Waals surface area contributed by atoms with Gasteiger partial charge >= 0.3 is 0 Å². The number of ether oxygens (including phenoxy) is 1. The minimum Gasteiger partial charge on any atom is -0.398 e. The molecule has 7 heteroatoms. The molecule has 0 bridgehead atoms. The number of nitro groups is 1. The van der Waals surface area contributed by atoms with Crippen molar-refractivity contribution < 1.29 is 14.5 Å². The van der Waals surface area contributed by atoms with Crippen LogP contribution in [0.5, 0.6) is 0 Å². The van der Waals surface area contributed by atoms with E-state index in [4.69, 9.17) is 10.5 Å². The highest BCUT2D eigenvalue weighted by atomic mass is 16.6. The number of nitro benzene ring substituents is 1. The SMILES string of the molecule is CC1COCCN1C(=O)c1cc([N+](=O)[O-])ccc1N. The number of carbonyl (C=O) groups is 1. The van der Waals surface area contributed by atoms with Gasteiger partial charge in [0.15, 0.2) is 0 Å². The fourth-order valence-corrected chi connectivity index (χ4v) is 2.03. The molecule has 1 fully saturated rings. The van der Waals surface area contributed by atoms with E-state index in [2.05, 4.69) is 0 Å². The first kappa shape index (κ1) is 13.3. The molecule has 2 rings (SSSR count). The number of rotatable bonds is 2. The predicted molar refractivity (Wildman–Crippen MR) is 68.8 cm³/mol. The van der Waals surface area contributed by atoms with E-state index in [1.54, 1.807) is 4.90 Å². The van der Waals surface area contributed by atoms with Gasteiger partial charge in [-0.05, 0) is 13.0 Å². The molecule has 7 nitrogen and oxygen atoms in total. The monoisotopic (exact) mass is 265 g/mol. The zero-order valence-electron chi connectivity index (χ0n) is 10.5. The second kappa shape index (κ2) is 5.23. The second-order valence-electron chi connectivity index (χ2n) is 4.45. The van der Waals surface area contributed by atoms with E-state index < -0.39 is 4.92 Å². The summed E-state index contributed by atoms with van der Waals surface area (Å²) in [5, 5.41) is 10.7. The Morgan fingerprint density at radius 2 is 2.32 bits per heavy atom. The Kier molecular flexibility index (Phi) is 3.66. The minimum absolute atomic E-state index is 0.0695. The molecule has 0 saturated carbocycles. The van der Waals surface area contributed by atoms with Crippen LogP contribution in [0, 0.1) is 10.1 Å². The summed E-state index contributed by atoms with van der Waals surface area (Å²) in [5.74, 6) is -0.294. The molecule has 1 aromatic carbocycles. The predicted octanol–water partition coefficient (Wildman–Crippen LogP) is 1.04. The number of hydrogen-bond acceptors (Lipinski definition) is 5. The molecule has 0 aromatic heterocycles. The molecule has 2 N–H and O–H groups in total. The van der Waals surface area contributed by atoms with E-state index in [1.165, 1.54) is 18.2 Å². The first-order valence-corrected chi connectivity index (χ1v) is 5.93. The average Bonchev–Trinajstić information content (AvgIpc) is 2.38. The molecular formula is C12H15N3O4. The normalized spacial score (nSPS) is 19.2. The molecule has 19 heavy (non-hydrogen) atoms. The molecule has 1 aliphatic heterocycles. The number of morpholine rings is 1. The molecule has 1 aromatic rings. The van der Waals surface area contributed by atoms with Gasteiger partial charge in [-0.3, -0.25) is 14.9 Å². The molecule has 102 valence electrons. The molecule has 1 saturated heterocycles. The van der Waals surface area contributed by atoms with Crippen molar-refractivity contribution in [2.75, 3.05) is 25.5 Å². The zero-order valence-corrected chi connectivity index (χ0v) is 10.5. The van der Waals surface area contributed by atoms with E-state index in [0.717, 1.165) is 0 Å². The highest BCUT2D eigenvalue weighted by Gasteiger charge is 2.27. The van der Waals surface area contributed by atoms with Crippen molar-refractivity contribution in [3.8, 4) is 0 Å². The molecule has 1 amide bonds. The number of carbonyl (C=O) groups excluding carboxylic acids is 1. The van der Waals surface area contributed by atoms with Gasteiger partial charge in [-0.2, -0.15) is 0 Å². The van der Waals surface area contributed by atoms with Crippen molar-refractivity contribution in [2.24, 2.45) is 0 Å². The van der Waals surface area contributed by atoms with Crippen LogP contribution < -0.4 is 5.73 Å². The summed E-state index contributed by atoms with van der Waals surface area (Å²) in [4.78, 5) is 24.2. The fraction of sp³-hybridized carbons (Fsp3) is 0.417. The lowest BCUT2D eigenvalue weighted by molar-refractivity contribution is -0.384. The number of nitrogens with two attached hydrogens (primary N) is 1. The van der Waals surface area contributed by atoms with Crippen LogP contribution in [0.15, 0.2) is 18.2 Å². The lowest BCUT2D eigenvalue weighted by atomic mass is 10.1. The molecule has 0 aliphatic carbocycles. The van der Waals surface area contributed by atoms with Crippen LogP contribution in [0.25, 0.3) is 0 Å². The number of nitrogens with zero attached hydrogens (tertiary/aromatic N) is 2. The smallest absolute Gasteiger partial charge is 0.270 e. The second-order valence-corrected chi connectivity index (χ2v) is 4.45.